The van der Waals surface area contributed by atoms with Gasteiger partial charge in [0.05, 0.1) is 5.52 Å². The van der Waals surface area contributed by atoms with E-state index in [0.717, 1.165) is 39.9 Å². The predicted octanol–water partition coefficient (Wildman–Crippen LogP) is 5.16. The van der Waals surface area contributed by atoms with Crippen LogP contribution < -0.4 is 5.32 Å². The molecule has 0 bridgehead atoms. The van der Waals surface area contributed by atoms with E-state index < -0.39 is 0 Å². The number of nitrogens with one attached hydrogen (secondary N) is 2. The maximum absolute atomic E-state index is 7.04. The Morgan fingerprint density at radius 2 is 1.63 bits per heavy atom. The average molecular weight is 354 g/mol. The first kappa shape index (κ1) is 16.7. The van der Waals surface area contributed by atoms with Crippen molar-refractivity contribution >= 4 is 28.8 Å². The number of ether oxygens (including phenoxy) is 1. The molecule has 0 amide bonds. The Labute approximate surface area is 157 Å². The molecule has 27 heavy (non-hydrogen) atoms. The Bertz CT molecular complexity index is 1070. The number of fused-ring (bicyclic) bond motifs is 1. The Hall–Kier alpha value is -3.73. The Kier molecular flexibility index (Phi) is 4.74. The summed E-state index contributed by atoms with van der Waals surface area (Å²) in [5, 5.41) is 11.4. The molecule has 5 heteroatoms. The predicted molar refractivity (Wildman–Crippen MR) is 108 cm³/mol. The van der Waals surface area contributed by atoms with Crippen molar-refractivity contribution in [1.82, 2.24) is 9.97 Å². The zero-order valence-corrected chi connectivity index (χ0v) is 14.6. The minimum Gasteiger partial charge on any atom is -0.479 e. The molecule has 0 atom stereocenters. The summed E-state index contributed by atoms with van der Waals surface area (Å²) in [5.74, 6) is 1.41. The van der Waals surface area contributed by atoms with E-state index in [0.29, 0.717) is 12.4 Å². The van der Waals surface area contributed by atoms with E-state index in [4.69, 9.17) is 20.1 Å². The largest absolute Gasteiger partial charge is 0.479 e. The van der Waals surface area contributed by atoms with Crippen LogP contribution in [0.2, 0.25) is 0 Å². The van der Waals surface area contributed by atoms with Crippen LogP contribution in [0.4, 0.5) is 11.5 Å². The summed E-state index contributed by atoms with van der Waals surface area (Å²) in [7, 11) is 0. The van der Waals surface area contributed by atoms with Gasteiger partial charge < -0.3 is 10.1 Å². The van der Waals surface area contributed by atoms with Crippen LogP contribution in [-0.2, 0) is 11.3 Å². The monoisotopic (exact) mass is 354 g/mol. The second-order valence-corrected chi connectivity index (χ2v) is 6.03. The minimum atomic E-state index is 0.338. The van der Waals surface area contributed by atoms with Gasteiger partial charge in [-0.05, 0) is 29.8 Å². The number of hydrogen-bond donors (Lipinski definition) is 2. The molecule has 0 fully saturated rings. The number of benzene rings is 3. The third-order valence-corrected chi connectivity index (χ3v) is 4.16. The van der Waals surface area contributed by atoms with Gasteiger partial charge >= 0.3 is 0 Å². The lowest BCUT2D eigenvalue weighted by atomic mass is 10.1. The molecule has 132 valence electrons. The van der Waals surface area contributed by atoms with Crippen molar-refractivity contribution in [3.05, 3.63) is 84.4 Å². The smallest absolute Gasteiger partial charge is 0.167 e. The molecular weight excluding hydrogens is 336 g/mol. The molecule has 4 aromatic rings. The van der Waals surface area contributed by atoms with Crippen molar-refractivity contribution in [3.8, 4) is 11.4 Å². The standard InChI is InChI=1S/C22H18N4O/c23-15-27-14-16-11-12-20-19(13-16)22(24-18-9-5-2-6-10-18)26-21(25-20)17-7-3-1-4-8-17/h1-13,15,23H,14H2,(H,24,25,26). The molecule has 5 nitrogen and oxygen atoms in total. The van der Waals surface area contributed by atoms with Crippen LogP contribution >= 0.6 is 0 Å². The highest BCUT2D eigenvalue weighted by Gasteiger charge is 2.11. The van der Waals surface area contributed by atoms with E-state index in [2.05, 4.69) is 5.32 Å². The lowest BCUT2D eigenvalue weighted by Crippen LogP contribution is -2.00. The second kappa shape index (κ2) is 7.66. The summed E-state index contributed by atoms with van der Waals surface area (Å²) in [6.45, 7) is 0.338. The van der Waals surface area contributed by atoms with Gasteiger partial charge in [-0.25, -0.2) is 9.97 Å². The molecule has 1 aromatic heterocycles. The summed E-state index contributed by atoms with van der Waals surface area (Å²) in [4.78, 5) is 9.51. The number of rotatable bonds is 6. The fourth-order valence-electron chi connectivity index (χ4n) is 2.87. The van der Waals surface area contributed by atoms with Crippen molar-refractivity contribution in [2.45, 2.75) is 6.61 Å². The first-order valence-corrected chi connectivity index (χ1v) is 8.62. The van der Waals surface area contributed by atoms with Gasteiger partial charge in [0.15, 0.2) is 12.2 Å². The molecule has 0 aliphatic heterocycles. The highest BCUT2D eigenvalue weighted by Crippen LogP contribution is 2.28. The van der Waals surface area contributed by atoms with Gasteiger partial charge in [-0.15, -0.1) is 0 Å². The molecular formula is C22H18N4O. The topological polar surface area (TPSA) is 70.9 Å². The van der Waals surface area contributed by atoms with E-state index >= 15 is 0 Å². The van der Waals surface area contributed by atoms with Crippen LogP contribution in [0.25, 0.3) is 22.3 Å². The molecule has 0 unspecified atom stereocenters. The summed E-state index contributed by atoms with van der Waals surface area (Å²) in [5.41, 5.74) is 3.73. The maximum Gasteiger partial charge on any atom is 0.167 e. The van der Waals surface area contributed by atoms with Gasteiger partial charge in [-0.1, -0.05) is 54.6 Å². The Morgan fingerprint density at radius 3 is 2.37 bits per heavy atom. The first-order valence-electron chi connectivity index (χ1n) is 8.62. The quantitative estimate of drug-likeness (QED) is 0.370. The molecule has 0 spiro atoms. The number of anilines is 2. The molecule has 3 aromatic carbocycles. The molecule has 1 heterocycles. The van der Waals surface area contributed by atoms with Crippen LogP contribution in [0.15, 0.2) is 78.9 Å². The third kappa shape index (κ3) is 3.77. The van der Waals surface area contributed by atoms with Crippen molar-refractivity contribution in [3.63, 3.8) is 0 Å². The minimum absolute atomic E-state index is 0.338. The van der Waals surface area contributed by atoms with Crippen molar-refractivity contribution in [1.29, 1.82) is 5.41 Å². The second-order valence-electron chi connectivity index (χ2n) is 6.03. The van der Waals surface area contributed by atoms with Gasteiger partial charge in [0.1, 0.15) is 12.4 Å². The van der Waals surface area contributed by atoms with Crippen molar-refractivity contribution in [2.75, 3.05) is 5.32 Å². The highest BCUT2D eigenvalue weighted by atomic mass is 16.5. The Morgan fingerprint density at radius 1 is 0.889 bits per heavy atom. The van der Waals surface area contributed by atoms with E-state index in [1.165, 1.54) is 0 Å². The number of para-hydroxylation sites is 1. The van der Waals surface area contributed by atoms with Crippen LogP contribution in [-0.4, -0.2) is 16.4 Å². The Balaban J connectivity index is 1.84. The van der Waals surface area contributed by atoms with Gasteiger partial charge in [0, 0.05) is 16.6 Å². The van der Waals surface area contributed by atoms with Gasteiger partial charge in [0.25, 0.3) is 0 Å². The van der Waals surface area contributed by atoms with Crippen molar-refractivity contribution in [2.24, 2.45) is 0 Å². The van der Waals surface area contributed by atoms with E-state index in [1.54, 1.807) is 0 Å². The molecule has 0 aliphatic carbocycles. The normalized spacial score (nSPS) is 10.5. The first-order chi connectivity index (χ1) is 13.3. The fraction of sp³-hybridized carbons (Fsp3) is 0.0455. The highest BCUT2D eigenvalue weighted by molar-refractivity contribution is 5.92. The molecule has 0 saturated carbocycles. The zero-order valence-electron chi connectivity index (χ0n) is 14.6. The van der Waals surface area contributed by atoms with E-state index in [9.17, 15) is 0 Å². The number of nitrogens with zero attached hydrogens (tertiary/aromatic N) is 2. The van der Waals surface area contributed by atoms with Crippen LogP contribution in [0, 0.1) is 5.41 Å². The maximum atomic E-state index is 7.04. The van der Waals surface area contributed by atoms with Crippen LogP contribution in [0.3, 0.4) is 0 Å². The van der Waals surface area contributed by atoms with Crippen LogP contribution in [0.1, 0.15) is 5.56 Å². The fourth-order valence-corrected chi connectivity index (χ4v) is 2.87. The molecule has 0 saturated heterocycles. The van der Waals surface area contributed by atoms with Crippen LogP contribution in [0.5, 0.6) is 0 Å². The zero-order chi connectivity index (χ0) is 18.5. The van der Waals surface area contributed by atoms with Gasteiger partial charge in [-0.2, -0.15) is 0 Å². The summed E-state index contributed by atoms with van der Waals surface area (Å²) in [6.07, 6.45) is 0.947. The van der Waals surface area contributed by atoms with Gasteiger partial charge in [-0.3, -0.25) is 5.41 Å². The lowest BCUT2D eigenvalue weighted by molar-refractivity contribution is 0.306. The molecule has 0 aliphatic rings. The third-order valence-electron chi connectivity index (χ3n) is 4.16. The summed E-state index contributed by atoms with van der Waals surface area (Å²) < 4.78 is 5.10. The molecule has 2 N–H and O–H groups in total. The van der Waals surface area contributed by atoms with Gasteiger partial charge in [0.2, 0.25) is 0 Å². The molecule has 4 rings (SSSR count). The number of hydrogen-bond acceptors (Lipinski definition) is 5. The average Bonchev–Trinajstić information content (AvgIpc) is 2.73. The summed E-state index contributed by atoms with van der Waals surface area (Å²) >= 11 is 0. The molecule has 0 radical (unpaired) electrons. The summed E-state index contributed by atoms with van der Waals surface area (Å²) in [6, 6.07) is 25.8. The van der Waals surface area contributed by atoms with Crippen molar-refractivity contribution < 1.29 is 4.74 Å². The lowest BCUT2D eigenvalue weighted by Gasteiger charge is -2.12. The number of aromatic nitrogens is 2. The van der Waals surface area contributed by atoms with E-state index in [1.807, 2.05) is 78.9 Å². The van der Waals surface area contributed by atoms with E-state index in [-0.39, 0.29) is 0 Å². The SMILES string of the molecule is N=COCc1ccc2nc(-c3ccccc3)nc(Nc3ccccc3)c2c1.